The van der Waals surface area contributed by atoms with E-state index in [1.54, 1.807) is 0 Å². The van der Waals surface area contributed by atoms with E-state index in [9.17, 15) is 14.4 Å². The van der Waals surface area contributed by atoms with Crippen LogP contribution in [-0.4, -0.2) is 29.2 Å². The van der Waals surface area contributed by atoms with Crippen LogP contribution in [0, 0.1) is 11.8 Å². The lowest BCUT2D eigenvalue weighted by atomic mass is 9.85. The van der Waals surface area contributed by atoms with Crippen molar-refractivity contribution in [2.45, 2.75) is 32.6 Å². The summed E-state index contributed by atoms with van der Waals surface area (Å²) in [6.07, 6.45) is 6.20. The van der Waals surface area contributed by atoms with Gasteiger partial charge < -0.3 is 5.32 Å². The molecule has 2 aliphatic rings. The highest BCUT2D eigenvalue weighted by Crippen LogP contribution is 2.35. The Morgan fingerprint density at radius 3 is 2.46 bits per heavy atom. The third-order valence-electron chi connectivity index (χ3n) is 4.78. The van der Waals surface area contributed by atoms with Crippen LogP contribution < -0.4 is 5.32 Å². The summed E-state index contributed by atoms with van der Waals surface area (Å²) >= 11 is 0. The first-order chi connectivity index (χ1) is 11.6. The zero-order valence-electron chi connectivity index (χ0n) is 13.8. The van der Waals surface area contributed by atoms with E-state index < -0.39 is 0 Å². The normalized spacial score (nSPS) is 22.6. The van der Waals surface area contributed by atoms with Crippen LogP contribution in [0.2, 0.25) is 0 Å². The van der Waals surface area contributed by atoms with E-state index in [0.29, 0.717) is 12.8 Å². The molecule has 1 fully saturated rings. The van der Waals surface area contributed by atoms with Crippen LogP contribution in [0.5, 0.6) is 0 Å². The smallest absolute Gasteiger partial charge is 0.233 e. The zero-order valence-corrected chi connectivity index (χ0v) is 13.8. The molecule has 3 rings (SSSR count). The number of nitrogens with one attached hydrogen (secondary N) is 1. The molecule has 5 nitrogen and oxygen atoms in total. The number of likely N-dealkylation sites (tertiary alicyclic amines) is 1. The van der Waals surface area contributed by atoms with Gasteiger partial charge in [0.15, 0.2) is 0 Å². The van der Waals surface area contributed by atoms with E-state index in [2.05, 4.69) is 12.2 Å². The van der Waals surface area contributed by atoms with Crippen LogP contribution >= 0.6 is 0 Å². The molecule has 3 amide bonds. The van der Waals surface area contributed by atoms with E-state index >= 15 is 0 Å². The summed E-state index contributed by atoms with van der Waals surface area (Å²) in [5.41, 5.74) is 1.89. The van der Waals surface area contributed by atoms with Gasteiger partial charge in [0.2, 0.25) is 17.7 Å². The van der Waals surface area contributed by atoms with Gasteiger partial charge in [-0.2, -0.15) is 0 Å². The number of carbonyl (C=O) groups excluding carboxylic acids is 3. The van der Waals surface area contributed by atoms with Crippen molar-refractivity contribution < 1.29 is 14.4 Å². The number of aryl methyl sites for hydroxylation is 1. The van der Waals surface area contributed by atoms with E-state index in [1.807, 2.05) is 36.4 Å². The van der Waals surface area contributed by atoms with Crippen molar-refractivity contribution in [1.82, 2.24) is 4.90 Å². The number of nitrogens with zero attached hydrogens (tertiary/aromatic N) is 1. The second kappa shape index (κ2) is 6.99. The summed E-state index contributed by atoms with van der Waals surface area (Å²) in [7, 11) is 0. The summed E-state index contributed by atoms with van der Waals surface area (Å²) < 4.78 is 0. The Kier molecular flexibility index (Phi) is 4.79. The van der Waals surface area contributed by atoms with Crippen molar-refractivity contribution in [2.75, 3.05) is 11.9 Å². The monoisotopic (exact) mass is 326 g/mol. The Bertz CT molecular complexity index is 670. The molecule has 0 saturated carbocycles. The fourth-order valence-electron chi connectivity index (χ4n) is 3.40. The molecule has 126 valence electrons. The summed E-state index contributed by atoms with van der Waals surface area (Å²) in [4.78, 5) is 38.1. The Balaban J connectivity index is 1.56. The molecule has 1 aromatic carbocycles. The van der Waals surface area contributed by atoms with E-state index in [4.69, 9.17) is 0 Å². The maximum atomic E-state index is 12.3. The van der Waals surface area contributed by atoms with Gasteiger partial charge in [-0.3, -0.25) is 19.3 Å². The molecule has 0 spiro atoms. The van der Waals surface area contributed by atoms with E-state index in [-0.39, 0.29) is 42.5 Å². The second-order valence-electron chi connectivity index (χ2n) is 6.34. The highest BCUT2D eigenvalue weighted by molar-refractivity contribution is 6.05. The van der Waals surface area contributed by atoms with Gasteiger partial charge in [0, 0.05) is 18.7 Å². The summed E-state index contributed by atoms with van der Waals surface area (Å²) in [5, 5.41) is 2.83. The fraction of sp³-hybridized carbons (Fsp3) is 0.421. The second-order valence-corrected chi connectivity index (χ2v) is 6.34. The highest BCUT2D eigenvalue weighted by atomic mass is 16.2. The number of fused-ring (bicyclic) bond motifs is 1. The summed E-state index contributed by atoms with van der Waals surface area (Å²) in [6.45, 7) is 2.21. The molecule has 1 aromatic rings. The molecule has 0 bridgehead atoms. The van der Waals surface area contributed by atoms with Gasteiger partial charge in [0.1, 0.15) is 0 Å². The average Bonchev–Trinajstić information content (AvgIpc) is 2.84. The molecule has 0 aromatic heterocycles. The number of imide groups is 1. The number of allylic oxidation sites excluding steroid dienone is 2. The van der Waals surface area contributed by atoms with Crippen molar-refractivity contribution in [3.8, 4) is 0 Å². The molecule has 0 unspecified atom stereocenters. The first kappa shape index (κ1) is 16.4. The topological polar surface area (TPSA) is 66.5 Å². The van der Waals surface area contributed by atoms with E-state index in [1.165, 1.54) is 4.90 Å². The van der Waals surface area contributed by atoms with Gasteiger partial charge in [-0.1, -0.05) is 31.2 Å². The van der Waals surface area contributed by atoms with Gasteiger partial charge in [-0.05, 0) is 37.0 Å². The van der Waals surface area contributed by atoms with Gasteiger partial charge in [-0.25, -0.2) is 0 Å². The van der Waals surface area contributed by atoms with Crippen LogP contribution in [0.15, 0.2) is 36.4 Å². The van der Waals surface area contributed by atoms with Crippen LogP contribution in [0.25, 0.3) is 0 Å². The third-order valence-corrected chi connectivity index (χ3v) is 4.78. The molecule has 1 saturated heterocycles. The Hall–Kier alpha value is -2.43. The highest BCUT2D eigenvalue weighted by Gasteiger charge is 2.46. The summed E-state index contributed by atoms with van der Waals surface area (Å²) in [6, 6.07) is 7.68. The molecular weight excluding hydrogens is 304 g/mol. The van der Waals surface area contributed by atoms with Gasteiger partial charge in [0.05, 0.1) is 11.8 Å². The standard InChI is InChI=1S/C19H22N2O3/c1-2-13-6-5-7-14(12-13)20-17(22)10-11-21-18(23)15-8-3-4-9-16(15)19(21)24/h3-7,12,15-16H,2,8-11H2,1H3,(H,20,22)/t15-,16-/m0/s1. The third kappa shape index (κ3) is 3.25. The predicted octanol–water partition coefficient (Wildman–Crippen LogP) is 2.53. The average molecular weight is 326 g/mol. The first-order valence-corrected chi connectivity index (χ1v) is 8.49. The van der Waals surface area contributed by atoms with Crippen molar-refractivity contribution in [3.63, 3.8) is 0 Å². The van der Waals surface area contributed by atoms with Gasteiger partial charge >= 0.3 is 0 Å². The number of anilines is 1. The SMILES string of the molecule is CCc1cccc(NC(=O)CCN2C(=O)[C@H]3CC=CC[C@@H]3C2=O)c1. The van der Waals surface area contributed by atoms with Crippen molar-refractivity contribution in [3.05, 3.63) is 42.0 Å². The molecule has 1 N–H and O–H groups in total. The number of rotatable bonds is 5. The summed E-state index contributed by atoms with van der Waals surface area (Å²) in [5.74, 6) is -0.902. The van der Waals surface area contributed by atoms with Crippen LogP contribution in [0.3, 0.4) is 0 Å². The zero-order chi connectivity index (χ0) is 17.1. The van der Waals surface area contributed by atoms with Gasteiger partial charge in [0.25, 0.3) is 0 Å². The van der Waals surface area contributed by atoms with Crippen molar-refractivity contribution in [1.29, 1.82) is 0 Å². The van der Waals surface area contributed by atoms with Crippen LogP contribution in [0.4, 0.5) is 5.69 Å². The van der Waals surface area contributed by atoms with Crippen LogP contribution in [-0.2, 0) is 20.8 Å². The fourth-order valence-corrected chi connectivity index (χ4v) is 3.40. The molecular formula is C19H22N2O3. The number of hydrogen-bond acceptors (Lipinski definition) is 3. The minimum atomic E-state index is -0.230. The molecule has 1 heterocycles. The molecule has 1 aliphatic carbocycles. The number of hydrogen-bond donors (Lipinski definition) is 1. The van der Waals surface area contributed by atoms with Crippen LogP contribution in [0.1, 0.15) is 31.7 Å². The Labute approximate surface area is 141 Å². The van der Waals surface area contributed by atoms with Gasteiger partial charge in [-0.15, -0.1) is 0 Å². The lowest BCUT2D eigenvalue weighted by molar-refractivity contribution is -0.140. The minimum Gasteiger partial charge on any atom is -0.326 e. The molecule has 0 radical (unpaired) electrons. The largest absolute Gasteiger partial charge is 0.326 e. The van der Waals surface area contributed by atoms with Crippen molar-refractivity contribution >= 4 is 23.4 Å². The minimum absolute atomic E-state index is 0.126. The first-order valence-electron chi connectivity index (χ1n) is 8.49. The number of carbonyl (C=O) groups is 3. The van der Waals surface area contributed by atoms with Crippen molar-refractivity contribution in [2.24, 2.45) is 11.8 Å². The van der Waals surface area contributed by atoms with E-state index in [0.717, 1.165) is 17.7 Å². The molecule has 24 heavy (non-hydrogen) atoms. The lowest BCUT2D eigenvalue weighted by Gasteiger charge is -2.14. The maximum Gasteiger partial charge on any atom is 0.233 e. The number of amides is 3. The predicted molar refractivity (Wildman–Crippen MR) is 91.1 cm³/mol. The Morgan fingerprint density at radius 2 is 1.83 bits per heavy atom. The quantitative estimate of drug-likeness (QED) is 0.668. The lowest BCUT2D eigenvalue weighted by Crippen LogP contribution is -2.34. The molecule has 2 atom stereocenters. The molecule has 1 aliphatic heterocycles. The maximum absolute atomic E-state index is 12.3. The number of benzene rings is 1. The molecule has 5 heteroatoms. The Morgan fingerprint density at radius 1 is 1.17 bits per heavy atom.